The number of rotatable bonds is 6. The van der Waals surface area contributed by atoms with Crippen LogP contribution in [0.5, 0.6) is 0 Å². The van der Waals surface area contributed by atoms with Crippen molar-refractivity contribution in [2.75, 3.05) is 45.8 Å². The highest BCUT2D eigenvalue weighted by atomic mass is 16.2. The van der Waals surface area contributed by atoms with Gasteiger partial charge in [0, 0.05) is 45.3 Å². The Bertz CT molecular complexity index is 337. The fraction of sp³-hybridized carbons (Fsp3) is 0.867. The van der Waals surface area contributed by atoms with Crippen molar-refractivity contribution in [2.45, 2.75) is 40.2 Å². The molecule has 1 saturated heterocycles. The molecule has 0 aromatic heterocycles. The van der Waals surface area contributed by atoms with E-state index in [4.69, 9.17) is 0 Å². The van der Waals surface area contributed by atoms with E-state index in [1.54, 1.807) is 0 Å². The van der Waals surface area contributed by atoms with Crippen LogP contribution in [-0.4, -0.2) is 78.5 Å². The summed E-state index contributed by atoms with van der Waals surface area (Å²) in [6, 6.07) is 0.448. The number of hydrogen-bond donors (Lipinski definition) is 1. The van der Waals surface area contributed by atoms with Crippen LogP contribution in [0.3, 0.4) is 0 Å². The Morgan fingerprint density at radius 3 is 2.05 bits per heavy atom. The number of nitrogens with zero attached hydrogens (tertiary/aromatic N) is 3. The van der Waals surface area contributed by atoms with Gasteiger partial charge in [-0.2, -0.15) is 0 Å². The molecule has 1 rings (SSSR count). The van der Waals surface area contributed by atoms with Crippen molar-refractivity contribution in [2.24, 2.45) is 0 Å². The monoisotopic (exact) mass is 298 g/mol. The van der Waals surface area contributed by atoms with Gasteiger partial charge in [0.2, 0.25) is 5.91 Å². The second-order valence-corrected chi connectivity index (χ2v) is 5.51. The van der Waals surface area contributed by atoms with E-state index in [1.165, 1.54) is 0 Å². The molecule has 1 aliphatic heterocycles. The Morgan fingerprint density at radius 1 is 1.05 bits per heavy atom. The first-order chi connectivity index (χ1) is 10.0. The smallest absolute Gasteiger partial charge is 0.320 e. The van der Waals surface area contributed by atoms with E-state index >= 15 is 0 Å². The molecular weight excluding hydrogens is 268 g/mol. The van der Waals surface area contributed by atoms with Gasteiger partial charge in [0.05, 0.1) is 6.54 Å². The molecule has 1 heterocycles. The highest BCUT2D eigenvalue weighted by molar-refractivity contribution is 5.79. The molecule has 0 bridgehead atoms. The average molecular weight is 298 g/mol. The Kier molecular flexibility index (Phi) is 7.50. The summed E-state index contributed by atoms with van der Waals surface area (Å²) in [5.41, 5.74) is 0. The van der Waals surface area contributed by atoms with Gasteiger partial charge >= 0.3 is 6.03 Å². The van der Waals surface area contributed by atoms with Crippen LogP contribution in [0, 0.1) is 0 Å². The number of nitrogens with one attached hydrogen (secondary N) is 1. The molecule has 1 unspecified atom stereocenters. The van der Waals surface area contributed by atoms with Crippen molar-refractivity contribution in [3.63, 3.8) is 0 Å². The van der Waals surface area contributed by atoms with Gasteiger partial charge in [-0.25, -0.2) is 4.79 Å². The van der Waals surface area contributed by atoms with Crippen molar-refractivity contribution < 1.29 is 9.59 Å². The molecule has 0 saturated carbocycles. The van der Waals surface area contributed by atoms with Crippen LogP contribution in [0.25, 0.3) is 0 Å². The number of hydrogen-bond acceptors (Lipinski definition) is 3. The second-order valence-electron chi connectivity index (χ2n) is 5.51. The van der Waals surface area contributed by atoms with E-state index in [1.807, 2.05) is 28.5 Å². The van der Waals surface area contributed by atoms with Crippen molar-refractivity contribution >= 4 is 11.9 Å². The minimum Gasteiger partial charge on any atom is -0.338 e. The molecule has 0 aliphatic carbocycles. The van der Waals surface area contributed by atoms with Crippen molar-refractivity contribution in [3.8, 4) is 0 Å². The summed E-state index contributed by atoms with van der Waals surface area (Å²) >= 11 is 0. The van der Waals surface area contributed by atoms with Crippen LogP contribution in [-0.2, 0) is 4.79 Å². The van der Waals surface area contributed by atoms with Gasteiger partial charge in [0.25, 0.3) is 0 Å². The van der Waals surface area contributed by atoms with Crippen molar-refractivity contribution in [3.05, 3.63) is 0 Å². The third kappa shape index (κ3) is 5.19. The summed E-state index contributed by atoms with van der Waals surface area (Å²) in [7, 11) is 0. The molecule has 122 valence electrons. The number of carbonyl (C=O) groups excluding carboxylic acids is 2. The molecule has 0 aromatic rings. The van der Waals surface area contributed by atoms with Crippen LogP contribution >= 0.6 is 0 Å². The predicted molar refractivity (Wildman–Crippen MR) is 84.2 cm³/mol. The van der Waals surface area contributed by atoms with Gasteiger partial charge in [0.1, 0.15) is 0 Å². The molecule has 6 nitrogen and oxygen atoms in total. The van der Waals surface area contributed by atoms with Gasteiger partial charge in [-0.15, -0.1) is 0 Å². The van der Waals surface area contributed by atoms with Crippen molar-refractivity contribution in [1.29, 1.82) is 0 Å². The normalized spacial score (nSPS) is 16.8. The zero-order valence-electron chi connectivity index (χ0n) is 13.9. The summed E-state index contributed by atoms with van der Waals surface area (Å²) in [5, 5.41) is 3.22. The lowest BCUT2D eigenvalue weighted by molar-refractivity contribution is -0.131. The zero-order chi connectivity index (χ0) is 15.8. The molecule has 0 radical (unpaired) electrons. The number of carbonyl (C=O) groups is 2. The summed E-state index contributed by atoms with van der Waals surface area (Å²) in [6.45, 7) is 12.5. The maximum absolute atomic E-state index is 12.2. The fourth-order valence-electron chi connectivity index (χ4n) is 2.36. The number of urea groups is 1. The average Bonchev–Trinajstić information content (AvgIpc) is 2.53. The molecule has 1 aliphatic rings. The molecule has 0 spiro atoms. The van der Waals surface area contributed by atoms with Gasteiger partial charge in [-0.1, -0.05) is 6.92 Å². The Morgan fingerprint density at radius 2 is 1.57 bits per heavy atom. The van der Waals surface area contributed by atoms with Crippen LogP contribution in [0.1, 0.15) is 34.1 Å². The van der Waals surface area contributed by atoms with Gasteiger partial charge in [0.15, 0.2) is 0 Å². The number of amides is 3. The molecule has 1 N–H and O–H groups in total. The van der Waals surface area contributed by atoms with E-state index in [0.29, 0.717) is 38.8 Å². The molecule has 1 atom stereocenters. The molecular formula is C15H30N4O2. The summed E-state index contributed by atoms with van der Waals surface area (Å²) in [5.74, 6) is 0.130. The minimum atomic E-state index is 0.0878. The van der Waals surface area contributed by atoms with E-state index in [-0.39, 0.29) is 11.9 Å². The summed E-state index contributed by atoms with van der Waals surface area (Å²) in [4.78, 5) is 29.8. The van der Waals surface area contributed by atoms with Crippen molar-refractivity contribution in [1.82, 2.24) is 20.0 Å². The summed E-state index contributed by atoms with van der Waals surface area (Å²) < 4.78 is 0. The van der Waals surface area contributed by atoms with Crippen LogP contribution in [0.2, 0.25) is 0 Å². The highest BCUT2D eigenvalue weighted by Crippen LogP contribution is 2.06. The second kappa shape index (κ2) is 8.87. The largest absolute Gasteiger partial charge is 0.338 e. The molecule has 21 heavy (non-hydrogen) atoms. The van der Waals surface area contributed by atoms with Crippen LogP contribution < -0.4 is 5.32 Å². The molecule has 6 heteroatoms. The standard InChI is InChI=1S/C15H30N4O2/c1-5-13(4)16-12-14(20)18-8-10-19(11-9-18)15(21)17(6-2)7-3/h13,16H,5-12H2,1-4H3. The topological polar surface area (TPSA) is 55.9 Å². The molecule has 3 amide bonds. The lowest BCUT2D eigenvalue weighted by Crippen LogP contribution is -2.55. The maximum atomic E-state index is 12.2. The third-order valence-electron chi connectivity index (χ3n) is 4.15. The van der Waals surface area contributed by atoms with Gasteiger partial charge < -0.3 is 20.0 Å². The Balaban J connectivity index is 2.37. The minimum absolute atomic E-state index is 0.0878. The first-order valence-corrected chi connectivity index (χ1v) is 8.08. The predicted octanol–water partition coefficient (Wildman–Crippen LogP) is 0.981. The Labute approximate surface area is 128 Å². The molecule has 0 aromatic carbocycles. The lowest BCUT2D eigenvalue weighted by atomic mass is 10.2. The summed E-state index contributed by atoms with van der Waals surface area (Å²) in [6.07, 6.45) is 1.01. The van der Waals surface area contributed by atoms with E-state index < -0.39 is 0 Å². The highest BCUT2D eigenvalue weighted by Gasteiger charge is 2.25. The third-order valence-corrected chi connectivity index (χ3v) is 4.15. The first-order valence-electron chi connectivity index (χ1n) is 8.08. The van der Waals surface area contributed by atoms with E-state index in [9.17, 15) is 9.59 Å². The lowest BCUT2D eigenvalue weighted by Gasteiger charge is -2.37. The maximum Gasteiger partial charge on any atom is 0.320 e. The Hall–Kier alpha value is -1.30. The van der Waals surface area contributed by atoms with Gasteiger partial charge in [-0.05, 0) is 27.2 Å². The van der Waals surface area contributed by atoms with Crippen LogP contribution in [0.4, 0.5) is 4.79 Å². The first kappa shape index (κ1) is 17.8. The molecule has 1 fully saturated rings. The SMILES string of the molecule is CCC(C)NCC(=O)N1CCN(C(=O)N(CC)CC)CC1. The van der Waals surface area contributed by atoms with E-state index in [0.717, 1.165) is 19.5 Å². The fourth-order valence-corrected chi connectivity index (χ4v) is 2.36. The zero-order valence-corrected chi connectivity index (χ0v) is 13.9. The van der Waals surface area contributed by atoms with Crippen LogP contribution in [0.15, 0.2) is 0 Å². The number of piperazine rings is 1. The quantitative estimate of drug-likeness (QED) is 0.795. The van der Waals surface area contributed by atoms with E-state index in [2.05, 4.69) is 19.2 Å². The van der Waals surface area contributed by atoms with Gasteiger partial charge in [-0.3, -0.25) is 4.79 Å².